The first-order valence-corrected chi connectivity index (χ1v) is 9.51. The SMILES string of the molecule is Cc1c(C(=O)NCc2ccc(C(=O)O)cc2)c(Cc2ccc(OC(F)(F)F)cc2)nn1C. The second kappa shape index (κ2) is 9.13. The lowest BCUT2D eigenvalue weighted by molar-refractivity contribution is -0.274. The molecule has 1 aromatic heterocycles. The summed E-state index contributed by atoms with van der Waals surface area (Å²) in [6, 6.07) is 11.5. The molecule has 1 heterocycles. The van der Waals surface area contributed by atoms with Crippen LogP contribution in [0, 0.1) is 6.92 Å². The lowest BCUT2D eigenvalue weighted by atomic mass is 10.0. The van der Waals surface area contributed by atoms with E-state index in [1.54, 1.807) is 30.8 Å². The Morgan fingerprint density at radius 3 is 2.22 bits per heavy atom. The molecule has 0 aliphatic carbocycles. The van der Waals surface area contributed by atoms with Gasteiger partial charge in [-0.2, -0.15) is 5.10 Å². The van der Waals surface area contributed by atoms with Crippen LogP contribution in [-0.4, -0.2) is 33.1 Å². The zero-order valence-electron chi connectivity index (χ0n) is 17.2. The summed E-state index contributed by atoms with van der Waals surface area (Å²) >= 11 is 0. The minimum Gasteiger partial charge on any atom is -0.478 e. The number of aromatic nitrogens is 2. The van der Waals surface area contributed by atoms with Crippen LogP contribution in [-0.2, 0) is 20.0 Å². The normalized spacial score (nSPS) is 11.3. The van der Waals surface area contributed by atoms with Gasteiger partial charge in [-0.3, -0.25) is 9.48 Å². The molecule has 168 valence electrons. The molecule has 3 aromatic rings. The summed E-state index contributed by atoms with van der Waals surface area (Å²) < 4.78 is 42.4. The van der Waals surface area contributed by atoms with E-state index in [-0.39, 0.29) is 30.2 Å². The highest BCUT2D eigenvalue weighted by Crippen LogP contribution is 2.24. The van der Waals surface area contributed by atoms with Gasteiger partial charge in [0.15, 0.2) is 0 Å². The van der Waals surface area contributed by atoms with Gasteiger partial charge in [0.25, 0.3) is 5.91 Å². The summed E-state index contributed by atoms with van der Waals surface area (Å²) in [6.07, 6.45) is -4.52. The van der Waals surface area contributed by atoms with Gasteiger partial charge in [-0.05, 0) is 42.3 Å². The molecule has 0 unspecified atom stereocenters. The highest BCUT2D eigenvalue weighted by molar-refractivity contribution is 5.96. The number of aromatic carboxylic acids is 1. The van der Waals surface area contributed by atoms with Gasteiger partial charge in [0.05, 0.1) is 16.8 Å². The van der Waals surface area contributed by atoms with E-state index in [9.17, 15) is 22.8 Å². The van der Waals surface area contributed by atoms with Gasteiger partial charge in [0.1, 0.15) is 5.75 Å². The molecule has 0 atom stereocenters. The van der Waals surface area contributed by atoms with Crippen LogP contribution in [0.2, 0.25) is 0 Å². The molecule has 0 bridgehead atoms. The number of ether oxygens (including phenoxy) is 1. The maximum atomic E-state index is 12.8. The number of amides is 1. The van der Waals surface area contributed by atoms with Crippen molar-refractivity contribution in [2.75, 3.05) is 0 Å². The molecule has 32 heavy (non-hydrogen) atoms. The smallest absolute Gasteiger partial charge is 0.478 e. The highest BCUT2D eigenvalue weighted by Gasteiger charge is 2.31. The Morgan fingerprint density at radius 1 is 1.06 bits per heavy atom. The van der Waals surface area contributed by atoms with Crippen LogP contribution >= 0.6 is 0 Å². The number of hydrogen-bond acceptors (Lipinski definition) is 4. The van der Waals surface area contributed by atoms with E-state index in [1.807, 2.05) is 0 Å². The number of nitrogens with zero attached hydrogens (tertiary/aromatic N) is 2. The first-order valence-electron chi connectivity index (χ1n) is 9.51. The van der Waals surface area contributed by atoms with Crippen molar-refractivity contribution >= 4 is 11.9 Å². The van der Waals surface area contributed by atoms with Crippen LogP contribution in [0.5, 0.6) is 5.75 Å². The molecule has 0 aliphatic heterocycles. The van der Waals surface area contributed by atoms with E-state index in [0.29, 0.717) is 22.5 Å². The summed E-state index contributed by atoms with van der Waals surface area (Å²) in [5.74, 6) is -1.72. The molecule has 0 aliphatic rings. The minimum atomic E-state index is -4.77. The second-order valence-electron chi connectivity index (χ2n) is 7.08. The number of benzene rings is 2. The fourth-order valence-corrected chi connectivity index (χ4v) is 3.13. The molecule has 0 fully saturated rings. The van der Waals surface area contributed by atoms with Crippen LogP contribution in [0.3, 0.4) is 0 Å². The van der Waals surface area contributed by atoms with Gasteiger partial charge in [-0.25, -0.2) is 4.79 Å². The predicted octanol–water partition coefficient (Wildman–Crippen LogP) is 3.85. The molecule has 0 radical (unpaired) electrons. The van der Waals surface area contributed by atoms with Crippen LogP contribution in [0.15, 0.2) is 48.5 Å². The Hall–Kier alpha value is -3.82. The number of alkyl halides is 3. The topological polar surface area (TPSA) is 93.5 Å². The Kier molecular flexibility index (Phi) is 6.52. The van der Waals surface area contributed by atoms with Crippen molar-refractivity contribution < 1.29 is 32.6 Å². The van der Waals surface area contributed by atoms with Crippen molar-refractivity contribution in [3.63, 3.8) is 0 Å². The van der Waals surface area contributed by atoms with Crippen LogP contribution in [0.4, 0.5) is 13.2 Å². The van der Waals surface area contributed by atoms with E-state index in [1.165, 1.54) is 36.4 Å². The first kappa shape index (κ1) is 22.9. The minimum absolute atomic E-state index is 0.150. The van der Waals surface area contributed by atoms with Crippen molar-refractivity contribution in [2.45, 2.75) is 26.3 Å². The van der Waals surface area contributed by atoms with Crippen molar-refractivity contribution in [3.05, 3.63) is 82.2 Å². The zero-order valence-corrected chi connectivity index (χ0v) is 17.2. The third kappa shape index (κ3) is 5.65. The molecule has 2 N–H and O–H groups in total. The molecule has 0 spiro atoms. The molecule has 0 saturated carbocycles. The summed E-state index contributed by atoms with van der Waals surface area (Å²) in [6.45, 7) is 1.93. The van der Waals surface area contributed by atoms with Crippen LogP contribution in [0.1, 0.15) is 43.2 Å². The van der Waals surface area contributed by atoms with Gasteiger partial charge in [-0.15, -0.1) is 13.2 Å². The second-order valence-corrected chi connectivity index (χ2v) is 7.08. The molecule has 1 amide bonds. The van der Waals surface area contributed by atoms with Gasteiger partial charge in [-0.1, -0.05) is 24.3 Å². The van der Waals surface area contributed by atoms with E-state index >= 15 is 0 Å². The number of carbonyl (C=O) groups excluding carboxylic acids is 1. The Morgan fingerprint density at radius 2 is 1.66 bits per heavy atom. The maximum absolute atomic E-state index is 12.8. The molecular weight excluding hydrogens is 427 g/mol. The Balaban J connectivity index is 1.72. The van der Waals surface area contributed by atoms with Crippen molar-refractivity contribution in [1.82, 2.24) is 15.1 Å². The fraction of sp³-hybridized carbons (Fsp3) is 0.227. The fourth-order valence-electron chi connectivity index (χ4n) is 3.13. The zero-order chi connectivity index (χ0) is 23.5. The molecular formula is C22H20F3N3O4. The van der Waals surface area contributed by atoms with Crippen molar-refractivity contribution in [3.8, 4) is 5.75 Å². The predicted molar refractivity (Wildman–Crippen MR) is 108 cm³/mol. The van der Waals surface area contributed by atoms with Crippen LogP contribution < -0.4 is 10.1 Å². The summed E-state index contributed by atoms with van der Waals surface area (Å²) in [7, 11) is 1.69. The van der Waals surface area contributed by atoms with Gasteiger partial charge in [0, 0.05) is 25.7 Å². The lowest BCUT2D eigenvalue weighted by Crippen LogP contribution is -2.24. The monoisotopic (exact) mass is 447 g/mol. The standard InChI is InChI=1S/C22H20F3N3O4/c1-13-19(20(29)26-12-15-3-7-16(8-4-15)21(30)31)18(27-28(13)2)11-14-5-9-17(10-6-14)32-22(23,24)25/h3-10H,11-12H2,1-2H3,(H,26,29)(H,30,31). The van der Waals surface area contributed by atoms with Gasteiger partial charge in [0.2, 0.25) is 0 Å². The number of carbonyl (C=O) groups is 2. The molecule has 2 aromatic carbocycles. The Bertz CT molecular complexity index is 1120. The summed E-state index contributed by atoms with van der Waals surface area (Å²) in [5, 5.41) is 16.1. The van der Waals surface area contributed by atoms with E-state index in [2.05, 4.69) is 15.2 Å². The lowest BCUT2D eigenvalue weighted by Gasteiger charge is -2.10. The number of nitrogens with one attached hydrogen (secondary N) is 1. The molecule has 3 rings (SSSR count). The number of carboxylic acids is 1. The average molecular weight is 447 g/mol. The van der Waals surface area contributed by atoms with Crippen molar-refractivity contribution in [1.29, 1.82) is 0 Å². The van der Waals surface area contributed by atoms with E-state index in [4.69, 9.17) is 5.11 Å². The number of rotatable bonds is 7. The molecule has 0 saturated heterocycles. The number of carboxylic acid groups (broad SMARTS) is 1. The van der Waals surface area contributed by atoms with E-state index < -0.39 is 12.3 Å². The molecule has 10 heteroatoms. The summed E-state index contributed by atoms with van der Waals surface area (Å²) in [5.41, 5.74) is 3.04. The average Bonchev–Trinajstić information content (AvgIpc) is 3.00. The molecule has 7 nitrogen and oxygen atoms in total. The van der Waals surface area contributed by atoms with E-state index in [0.717, 1.165) is 5.56 Å². The number of aryl methyl sites for hydroxylation is 1. The number of hydrogen-bond donors (Lipinski definition) is 2. The summed E-state index contributed by atoms with van der Waals surface area (Å²) in [4.78, 5) is 23.8. The number of halogens is 3. The van der Waals surface area contributed by atoms with Crippen molar-refractivity contribution in [2.24, 2.45) is 7.05 Å². The largest absolute Gasteiger partial charge is 0.573 e. The Labute approximate surface area is 181 Å². The maximum Gasteiger partial charge on any atom is 0.573 e. The van der Waals surface area contributed by atoms with Gasteiger partial charge < -0.3 is 15.2 Å². The highest BCUT2D eigenvalue weighted by atomic mass is 19.4. The third-order valence-electron chi connectivity index (χ3n) is 4.82. The first-order chi connectivity index (χ1) is 15.0. The van der Waals surface area contributed by atoms with Crippen LogP contribution in [0.25, 0.3) is 0 Å². The van der Waals surface area contributed by atoms with Gasteiger partial charge >= 0.3 is 12.3 Å². The quantitative estimate of drug-likeness (QED) is 0.574. The third-order valence-corrected chi connectivity index (χ3v) is 4.82.